The van der Waals surface area contributed by atoms with Crippen molar-refractivity contribution in [2.45, 2.75) is 12.5 Å². The van der Waals surface area contributed by atoms with Gasteiger partial charge in [-0.1, -0.05) is 67.2 Å². The normalized spacial score (nSPS) is 15.7. The van der Waals surface area contributed by atoms with E-state index in [4.69, 9.17) is 0 Å². The molecule has 3 aromatic carbocycles. The van der Waals surface area contributed by atoms with Gasteiger partial charge < -0.3 is 10.2 Å². The first-order valence-electron chi connectivity index (χ1n) is 9.18. The first kappa shape index (κ1) is 17.1. The van der Waals surface area contributed by atoms with Crippen molar-refractivity contribution in [2.75, 3.05) is 11.4 Å². The highest BCUT2D eigenvalue weighted by molar-refractivity contribution is 5.87. The molecule has 1 heterocycles. The van der Waals surface area contributed by atoms with E-state index in [1.54, 1.807) is 0 Å². The van der Waals surface area contributed by atoms with Crippen molar-refractivity contribution in [3.8, 4) is 11.1 Å². The van der Waals surface area contributed by atoms with Gasteiger partial charge in [0.05, 0.1) is 6.04 Å². The quantitative estimate of drug-likeness (QED) is 0.688. The Balaban J connectivity index is 1.71. The van der Waals surface area contributed by atoms with Crippen molar-refractivity contribution < 1.29 is 4.79 Å². The fraction of sp³-hybridized carbons (Fsp3) is 0.125. The summed E-state index contributed by atoms with van der Waals surface area (Å²) in [5.74, 6) is -0.127. The molecule has 0 spiro atoms. The highest BCUT2D eigenvalue weighted by atomic mass is 16.1. The molecule has 1 aliphatic rings. The van der Waals surface area contributed by atoms with Gasteiger partial charge in [0, 0.05) is 17.9 Å². The Morgan fingerprint density at radius 1 is 0.963 bits per heavy atom. The van der Waals surface area contributed by atoms with E-state index in [1.165, 1.54) is 28.5 Å². The van der Waals surface area contributed by atoms with Crippen LogP contribution in [0.2, 0.25) is 0 Å². The molecule has 27 heavy (non-hydrogen) atoms. The second kappa shape index (κ2) is 7.50. The molecule has 0 aliphatic carbocycles. The molecule has 3 heteroatoms. The first-order chi connectivity index (χ1) is 13.2. The second-order valence-corrected chi connectivity index (χ2v) is 6.77. The zero-order valence-corrected chi connectivity index (χ0v) is 15.1. The predicted molar refractivity (Wildman–Crippen MR) is 111 cm³/mol. The monoisotopic (exact) mass is 354 g/mol. The Morgan fingerprint density at radius 3 is 2.52 bits per heavy atom. The van der Waals surface area contributed by atoms with E-state index in [0.29, 0.717) is 0 Å². The third-order valence-corrected chi connectivity index (χ3v) is 4.95. The summed E-state index contributed by atoms with van der Waals surface area (Å²) < 4.78 is 0. The van der Waals surface area contributed by atoms with E-state index in [9.17, 15) is 4.79 Å². The van der Waals surface area contributed by atoms with E-state index in [0.717, 1.165) is 18.7 Å². The molecule has 0 radical (unpaired) electrons. The van der Waals surface area contributed by atoms with Gasteiger partial charge >= 0.3 is 0 Å². The average Bonchev–Trinajstić information content (AvgIpc) is 2.74. The molecule has 134 valence electrons. The molecule has 0 bridgehead atoms. The topological polar surface area (TPSA) is 32.3 Å². The van der Waals surface area contributed by atoms with Crippen LogP contribution in [0.15, 0.2) is 91.5 Å². The summed E-state index contributed by atoms with van der Waals surface area (Å²) >= 11 is 0. The molecule has 0 aromatic heterocycles. The van der Waals surface area contributed by atoms with Crippen LogP contribution >= 0.6 is 0 Å². The van der Waals surface area contributed by atoms with Crippen LogP contribution in [-0.2, 0) is 11.2 Å². The molecule has 1 atom stereocenters. The Hall–Kier alpha value is -3.33. The lowest BCUT2D eigenvalue weighted by Crippen LogP contribution is -2.46. The molecule has 1 aliphatic heterocycles. The molecule has 1 amide bonds. The van der Waals surface area contributed by atoms with Gasteiger partial charge in [-0.05, 0) is 47.4 Å². The summed E-state index contributed by atoms with van der Waals surface area (Å²) in [5.41, 5.74) is 5.94. The lowest BCUT2D eigenvalue weighted by atomic mass is 9.96. The predicted octanol–water partition coefficient (Wildman–Crippen LogP) is 4.72. The smallest absolute Gasteiger partial charge is 0.243 e. The molecular formula is C24H22N2O. The Kier molecular flexibility index (Phi) is 4.75. The highest BCUT2D eigenvalue weighted by Crippen LogP contribution is 2.35. The number of benzene rings is 3. The number of fused-ring (bicyclic) bond motifs is 1. The van der Waals surface area contributed by atoms with E-state index in [-0.39, 0.29) is 11.9 Å². The number of nitrogens with one attached hydrogen (secondary N) is 1. The van der Waals surface area contributed by atoms with E-state index in [2.05, 4.69) is 89.6 Å². The van der Waals surface area contributed by atoms with Crippen molar-refractivity contribution in [3.05, 3.63) is 97.1 Å². The van der Waals surface area contributed by atoms with Crippen LogP contribution in [0.3, 0.4) is 0 Å². The number of hydrogen-bond donors (Lipinski definition) is 1. The van der Waals surface area contributed by atoms with Crippen LogP contribution in [0.4, 0.5) is 11.4 Å². The number of amides is 1. The fourth-order valence-corrected chi connectivity index (χ4v) is 3.68. The molecule has 0 fully saturated rings. The fourth-order valence-electron chi connectivity index (χ4n) is 3.68. The van der Waals surface area contributed by atoms with Gasteiger partial charge in [-0.25, -0.2) is 0 Å². The molecule has 3 aromatic rings. The maximum atomic E-state index is 11.8. The van der Waals surface area contributed by atoms with Gasteiger partial charge in [0.2, 0.25) is 5.91 Å². The number of carbonyl (C=O) groups is 1. The summed E-state index contributed by atoms with van der Waals surface area (Å²) in [6.07, 6.45) is 2.16. The largest absolute Gasteiger partial charge is 0.348 e. The molecule has 1 N–H and O–H groups in total. The molecule has 4 rings (SSSR count). The lowest BCUT2D eigenvalue weighted by Gasteiger charge is -2.36. The molecule has 0 saturated heterocycles. The van der Waals surface area contributed by atoms with E-state index in [1.807, 2.05) is 6.07 Å². The Morgan fingerprint density at radius 2 is 1.70 bits per heavy atom. The number of carbonyl (C=O) groups excluding carboxylic acids is 1. The third kappa shape index (κ3) is 3.63. The van der Waals surface area contributed by atoms with Crippen molar-refractivity contribution in [2.24, 2.45) is 0 Å². The minimum Gasteiger partial charge on any atom is -0.348 e. The molecule has 3 nitrogen and oxygen atoms in total. The van der Waals surface area contributed by atoms with Crippen LogP contribution in [0.5, 0.6) is 0 Å². The minimum absolute atomic E-state index is 0.0470. The van der Waals surface area contributed by atoms with E-state index < -0.39 is 0 Å². The highest BCUT2D eigenvalue weighted by Gasteiger charge is 2.26. The van der Waals surface area contributed by atoms with Gasteiger partial charge in [0.15, 0.2) is 0 Å². The number of para-hydroxylation sites is 1. The van der Waals surface area contributed by atoms with Crippen LogP contribution in [0, 0.1) is 0 Å². The summed E-state index contributed by atoms with van der Waals surface area (Å²) in [6.45, 7) is 4.30. The Labute approximate surface area is 160 Å². The maximum absolute atomic E-state index is 11.8. The molecular weight excluding hydrogens is 332 g/mol. The zero-order valence-electron chi connectivity index (χ0n) is 15.1. The van der Waals surface area contributed by atoms with Crippen LogP contribution < -0.4 is 10.2 Å². The van der Waals surface area contributed by atoms with Crippen LogP contribution in [-0.4, -0.2) is 18.5 Å². The third-order valence-electron chi connectivity index (χ3n) is 4.95. The lowest BCUT2D eigenvalue weighted by molar-refractivity contribution is -0.117. The van der Waals surface area contributed by atoms with Crippen molar-refractivity contribution in [1.29, 1.82) is 0 Å². The molecule has 0 saturated carbocycles. The van der Waals surface area contributed by atoms with Crippen LogP contribution in [0.25, 0.3) is 11.1 Å². The van der Waals surface area contributed by atoms with Gasteiger partial charge in [0.25, 0.3) is 0 Å². The van der Waals surface area contributed by atoms with Crippen LogP contribution in [0.1, 0.15) is 5.56 Å². The van der Waals surface area contributed by atoms with Gasteiger partial charge in [-0.2, -0.15) is 0 Å². The number of hydrogen-bond acceptors (Lipinski definition) is 2. The average molecular weight is 354 g/mol. The van der Waals surface area contributed by atoms with Gasteiger partial charge in [0.1, 0.15) is 0 Å². The summed E-state index contributed by atoms with van der Waals surface area (Å²) in [5, 5.41) is 3.06. The maximum Gasteiger partial charge on any atom is 0.243 e. The zero-order chi connectivity index (χ0) is 18.6. The summed E-state index contributed by atoms with van der Waals surface area (Å²) in [4.78, 5) is 14.1. The number of nitrogens with zero attached hydrogens (tertiary/aromatic N) is 1. The van der Waals surface area contributed by atoms with Crippen molar-refractivity contribution in [1.82, 2.24) is 5.32 Å². The summed E-state index contributed by atoms with van der Waals surface area (Å²) in [6, 6.07) is 27.4. The standard InChI is InChI=1S/C24H22N2O/c1-2-24(27)25-21-15-20-11-6-7-14-23(20)26(17-21)22-13-8-12-19(16-22)18-9-4-3-5-10-18/h2-14,16,21H,1,15,17H2,(H,25,27). The number of anilines is 2. The van der Waals surface area contributed by atoms with Crippen molar-refractivity contribution in [3.63, 3.8) is 0 Å². The number of rotatable bonds is 4. The SMILES string of the molecule is C=CC(=O)NC1Cc2ccccc2N(c2cccc(-c3ccccc3)c2)C1. The van der Waals surface area contributed by atoms with Gasteiger partial charge in [-0.3, -0.25) is 4.79 Å². The van der Waals surface area contributed by atoms with E-state index >= 15 is 0 Å². The van der Waals surface area contributed by atoms with Crippen molar-refractivity contribution >= 4 is 17.3 Å². The Bertz CT molecular complexity index is 965. The minimum atomic E-state index is -0.127. The second-order valence-electron chi connectivity index (χ2n) is 6.77. The first-order valence-corrected chi connectivity index (χ1v) is 9.18. The summed E-state index contributed by atoms with van der Waals surface area (Å²) in [7, 11) is 0. The van der Waals surface area contributed by atoms with Gasteiger partial charge in [-0.15, -0.1) is 0 Å². The molecule has 1 unspecified atom stereocenters.